The van der Waals surface area contributed by atoms with E-state index in [-0.39, 0.29) is 19.2 Å². The van der Waals surface area contributed by atoms with Crippen LogP contribution in [0.2, 0.25) is 0 Å². The molecule has 0 aromatic heterocycles. The van der Waals surface area contributed by atoms with Crippen LogP contribution < -0.4 is 5.32 Å². The van der Waals surface area contributed by atoms with Crippen molar-refractivity contribution in [2.24, 2.45) is 0 Å². The Hall–Kier alpha value is -1.26. The van der Waals surface area contributed by atoms with Crippen LogP contribution in [0.25, 0.3) is 0 Å². The Kier molecular flexibility index (Phi) is 8.52. The summed E-state index contributed by atoms with van der Waals surface area (Å²) in [6, 6.07) is 0. The fourth-order valence-corrected chi connectivity index (χ4v) is 0.954. The molecule has 88 valence electrons. The Labute approximate surface area is 90.1 Å². The van der Waals surface area contributed by atoms with E-state index in [1.165, 1.54) is 7.05 Å². The fourth-order valence-electron chi connectivity index (χ4n) is 0.954. The van der Waals surface area contributed by atoms with Crippen molar-refractivity contribution in [3.05, 3.63) is 0 Å². The molecule has 0 aliphatic heterocycles. The summed E-state index contributed by atoms with van der Waals surface area (Å²) in [5.41, 5.74) is 0. The van der Waals surface area contributed by atoms with Gasteiger partial charge in [-0.3, -0.25) is 4.79 Å². The fraction of sp³-hybridized carbons (Fsp3) is 0.800. The number of hydrogen-bond donors (Lipinski definition) is 1. The molecule has 0 aromatic carbocycles. The van der Waals surface area contributed by atoms with Gasteiger partial charge in [-0.1, -0.05) is 19.8 Å². The van der Waals surface area contributed by atoms with Crippen LogP contribution in [0.4, 0.5) is 4.79 Å². The number of unbranched alkanes of at least 4 members (excludes halogenated alkanes) is 2. The molecule has 15 heavy (non-hydrogen) atoms. The molecule has 0 saturated carbocycles. The minimum absolute atomic E-state index is 0.0964. The third-order valence-electron chi connectivity index (χ3n) is 1.77. The summed E-state index contributed by atoms with van der Waals surface area (Å²) < 4.78 is 9.48. The number of esters is 1. The van der Waals surface area contributed by atoms with E-state index < -0.39 is 6.09 Å². The number of amides is 1. The first-order chi connectivity index (χ1) is 7.20. The maximum absolute atomic E-state index is 11.1. The second-order valence-corrected chi connectivity index (χ2v) is 3.06. The number of ether oxygens (including phenoxy) is 2. The van der Waals surface area contributed by atoms with Gasteiger partial charge in [0.15, 0.2) is 0 Å². The molecule has 5 nitrogen and oxygen atoms in total. The number of hydrogen-bond acceptors (Lipinski definition) is 4. The summed E-state index contributed by atoms with van der Waals surface area (Å²) in [4.78, 5) is 21.6. The quantitative estimate of drug-likeness (QED) is 0.518. The molecule has 0 aliphatic carbocycles. The van der Waals surface area contributed by atoms with Gasteiger partial charge in [0, 0.05) is 13.5 Å². The molecule has 0 saturated heterocycles. The van der Waals surface area contributed by atoms with Gasteiger partial charge in [-0.05, 0) is 6.42 Å². The molecule has 1 amide bonds. The van der Waals surface area contributed by atoms with Crippen LogP contribution in [0, 0.1) is 0 Å². The summed E-state index contributed by atoms with van der Waals surface area (Å²) in [5, 5.41) is 2.29. The first-order valence-corrected chi connectivity index (χ1v) is 5.20. The molecule has 0 rings (SSSR count). The van der Waals surface area contributed by atoms with Crippen LogP contribution in [-0.2, 0) is 14.3 Å². The molecule has 0 fully saturated rings. The number of nitrogens with one attached hydrogen (secondary N) is 1. The lowest BCUT2D eigenvalue weighted by molar-refractivity contribution is -0.144. The van der Waals surface area contributed by atoms with Crippen LogP contribution in [0.1, 0.15) is 32.6 Å². The molecule has 0 atom stereocenters. The van der Waals surface area contributed by atoms with E-state index in [1.54, 1.807) is 0 Å². The smallest absolute Gasteiger partial charge is 0.406 e. The largest absolute Gasteiger partial charge is 0.462 e. The van der Waals surface area contributed by atoms with E-state index in [9.17, 15) is 9.59 Å². The zero-order chi connectivity index (χ0) is 11.5. The van der Waals surface area contributed by atoms with E-state index in [2.05, 4.69) is 17.0 Å². The lowest BCUT2D eigenvalue weighted by Gasteiger charge is -2.05. The minimum Gasteiger partial charge on any atom is -0.462 e. The van der Waals surface area contributed by atoms with Crippen molar-refractivity contribution in [3.63, 3.8) is 0 Å². The predicted molar refractivity (Wildman–Crippen MR) is 55.5 cm³/mol. The van der Waals surface area contributed by atoms with Gasteiger partial charge >= 0.3 is 12.1 Å². The zero-order valence-corrected chi connectivity index (χ0v) is 9.38. The minimum atomic E-state index is -0.517. The number of carbonyl (C=O) groups excluding carboxylic acids is 2. The summed E-state index contributed by atoms with van der Waals surface area (Å²) in [5.74, 6) is -0.232. The molecule has 0 bridgehead atoms. The van der Waals surface area contributed by atoms with Gasteiger partial charge in [0.1, 0.15) is 13.2 Å². The highest BCUT2D eigenvalue weighted by atomic mass is 16.6. The van der Waals surface area contributed by atoms with Crippen LogP contribution in [0.15, 0.2) is 0 Å². The van der Waals surface area contributed by atoms with Crippen molar-refractivity contribution in [3.8, 4) is 0 Å². The summed E-state index contributed by atoms with van der Waals surface area (Å²) in [6.07, 6.45) is 2.88. The molecule has 0 heterocycles. The Morgan fingerprint density at radius 3 is 2.40 bits per heavy atom. The third kappa shape index (κ3) is 9.05. The highest BCUT2D eigenvalue weighted by Gasteiger charge is 2.03. The van der Waals surface area contributed by atoms with Crippen LogP contribution >= 0.6 is 0 Å². The van der Waals surface area contributed by atoms with Gasteiger partial charge in [0.2, 0.25) is 0 Å². The number of alkyl carbamates (subject to hydrolysis) is 1. The van der Waals surface area contributed by atoms with Gasteiger partial charge in [-0.25, -0.2) is 4.79 Å². The molecule has 0 aromatic rings. The second kappa shape index (κ2) is 9.30. The molecular weight excluding hydrogens is 198 g/mol. The topological polar surface area (TPSA) is 64.6 Å². The normalized spacial score (nSPS) is 9.47. The van der Waals surface area contributed by atoms with Gasteiger partial charge in [-0.15, -0.1) is 0 Å². The van der Waals surface area contributed by atoms with E-state index in [0.29, 0.717) is 6.42 Å². The predicted octanol–water partition coefficient (Wildman–Crippen LogP) is 1.47. The van der Waals surface area contributed by atoms with Crippen molar-refractivity contribution >= 4 is 12.1 Å². The third-order valence-corrected chi connectivity index (χ3v) is 1.77. The van der Waals surface area contributed by atoms with Gasteiger partial charge in [0.25, 0.3) is 0 Å². The van der Waals surface area contributed by atoms with E-state index in [1.807, 2.05) is 0 Å². The molecule has 0 aliphatic rings. The maximum atomic E-state index is 11.1. The zero-order valence-electron chi connectivity index (χ0n) is 9.38. The van der Waals surface area contributed by atoms with Gasteiger partial charge in [-0.2, -0.15) is 0 Å². The molecule has 0 unspecified atom stereocenters. The Morgan fingerprint density at radius 2 is 1.80 bits per heavy atom. The van der Waals surface area contributed by atoms with Crippen molar-refractivity contribution in [2.75, 3.05) is 20.3 Å². The average molecular weight is 217 g/mol. The Morgan fingerprint density at radius 1 is 1.13 bits per heavy atom. The van der Waals surface area contributed by atoms with Crippen molar-refractivity contribution in [1.29, 1.82) is 0 Å². The maximum Gasteiger partial charge on any atom is 0.406 e. The SMILES string of the molecule is CCCCCC(=O)OCCOC(=O)NC. The molecule has 1 N–H and O–H groups in total. The van der Waals surface area contributed by atoms with Gasteiger partial charge < -0.3 is 14.8 Å². The van der Waals surface area contributed by atoms with Crippen LogP contribution in [-0.4, -0.2) is 32.3 Å². The first-order valence-electron chi connectivity index (χ1n) is 5.20. The Bertz CT molecular complexity index is 194. The van der Waals surface area contributed by atoms with Crippen LogP contribution in [0.5, 0.6) is 0 Å². The Balaban J connectivity index is 3.27. The lowest BCUT2D eigenvalue weighted by Crippen LogP contribution is -2.22. The van der Waals surface area contributed by atoms with Crippen molar-refractivity contribution in [2.45, 2.75) is 32.6 Å². The van der Waals surface area contributed by atoms with Crippen molar-refractivity contribution < 1.29 is 19.1 Å². The number of carbonyl (C=O) groups is 2. The summed E-state index contributed by atoms with van der Waals surface area (Å²) >= 11 is 0. The molecule has 0 spiro atoms. The molecular formula is C10H19NO4. The van der Waals surface area contributed by atoms with E-state index in [0.717, 1.165) is 19.3 Å². The standard InChI is InChI=1S/C10H19NO4/c1-3-4-5-6-9(12)14-7-8-15-10(13)11-2/h3-8H2,1-2H3,(H,11,13). The number of rotatable bonds is 7. The van der Waals surface area contributed by atoms with Crippen LogP contribution in [0.3, 0.4) is 0 Å². The first kappa shape index (κ1) is 13.7. The van der Waals surface area contributed by atoms with E-state index in [4.69, 9.17) is 4.74 Å². The van der Waals surface area contributed by atoms with Gasteiger partial charge in [0.05, 0.1) is 0 Å². The molecule has 5 heteroatoms. The average Bonchev–Trinajstić information content (AvgIpc) is 2.24. The highest BCUT2D eigenvalue weighted by molar-refractivity contribution is 5.69. The summed E-state index contributed by atoms with van der Waals surface area (Å²) in [6.45, 7) is 2.29. The second-order valence-electron chi connectivity index (χ2n) is 3.06. The highest BCUT2D eigenvalue weighted by Crippen LogP contribution is 2.00. The summed E-state index contributed by atoms with van der Waals surface area (Å²) in [7, 11) is 1.47. The van der Waals surface area contributed by atoms with Crippen molar-refractivity contribution in [1.82, 2.24) is 5.32 Å². The monoisotopic (exact) mass is 217 g/mol. The van der Waals surface area contributed by atoms with E-state index >= 15 is 0 Å². The lowest BCUT2D eigenvalue weighted by atomic mass is 10.2. The molecule has 0 radical (unpaired) electrons.